The zero-order chi connectivity index (χ0) is 28.5. The van der Waals surface area contributed by atoms with E-state index in [4.69, 9.17) is 9.47 Å². The average molecular weight is 553 g/mol. The largest absolute Gasteiger partial charge is 0.466 e. The maximum Gasteiger partial charge on any atom is 0.305 e. The Balaban J connectivity index is 3.25. The first-order valence-corrected chi connectivity index (χ1v) is 17.5. The highest BCUT2D eigenvalue weighted by molar-refractivity contribution is 5.69. The molecule has 0 N–H and O–H groups in total. The summed E-state index contributed by atoms with van der Waals surface area (Å²) in [5.41, 5.74) is 0. The van der Waals surface area contributed by atoms with Crippen molar-refractivity contribution in [3.05, 3.63) is 0 Å². The molecule has 0 saturated carbocycles. The standard InChI is InChI=1S/C35H68O4/c1-3-5-7-9-11-13-15-17-19-21-23-26-30-34(36)38-32-28-25-29-33-39-35(37)31-27-24-22-20-18-16-14-12-10-8-6-4-2/h3-33H2,1-2H3. The number of esters is 2. The first-order valence-electron chi connectivity index (χ1n) is 17.5. The summed E-state index contributed by atoms with van der Waals surface area (Å²) in [5.74, 6) is -0.119. The van der Waals surface area contributed by atoms with Crippen LogP contribution in [0.1, 0.15) is 200 Å². The molecule has 0 aliphatic rings. The van der Waals surface area contributed by atoms with Gasteiger partial charge in [-0.25, -0.2) is 0 Å². The molecule has 0 amide bonds. The summed E-state index contributed by atoms with van der Waals surface area (Å²) in [4.78, 5) is 23.7. The van der Waals surface area contributed by atoms with Crippen LogP contribution in [0.25, 0.3) is 0 Å². The van der Waals surface area contributed by atoms with E-state index in [9.17, 15) is 9.59 Å². The summed E-state index contributed by atoms with van der Waals surface area (Å²) < 4.78 is 10.7. The van der Waals surface area contributed by atoms with Crippen molar-refractivity contribution in [2.45, 2.75) is 200 Å². The van der Waals surface area contributed by atoms with Crippen molar-refractivity contribution < 1.29 is 19.1 Å². The molecule has 0 unspecified atom stereocenters. The molecule has 0 saturated heterocycles. The van der Waals surface area contributed by atoms with Gasteiger partial charge in [0.05, 0.1) is 13.2 Å². The van der Waals surface area contributed by atoms with Crippen molar-refractivity contribution in [3.63, 3.8) is 0 Å². The lowest BCUT2D eigenvalue weighted by molar-refractivity contribution is -0.144. The molecule has 0 aliphatic heterocycles. The lowest BCUT2D eigenvalue weighted by Crippen LogP contribution is -2.07. The Kier molecular flexibility index (Phi) is 32.2. The predicted octanol–water partition coefficient (Wildman–Crippen LogP) is 11.4. The van der Waals surface area contributed by atoms with Crippen LogP contribution in [0.3, 0.4) is 0 Å². The van der Waals surface area contributed by atoms with Gasteiger partial charge in [0.25, 0.3) is 0 Å². The SMILES string of the molecule is CCCCCCCCCCCCCCC(=O)OCCCCCOC(=O)CCCCCCCCCCCCCC. The Morgan fingerprint density at radius 2 is 0.564 bits per heavy atom. The monoisotopic (exact) mass is 553 g/mol. The first kappa shape index (κ1) is 37.9. The predicted molar refractivity (Wildman–Crippen MR) is 167 cm³/mol. The summed E-state index contributed by atoms with van der Waals surface area (Å²) >= 11 is 0. The molecule has 0 heterocycles. The van der Waals surface area contributed by atoms with Crippen molar-refractivity contribution in [3.8, 4) is 0 Å². The molecule has 0 spiro atoms. The normalized spacial score (nSPS) is 11.1. The second kappa shape index (κ2) is 33.1. The summed E-state index contributed by atoms with van der Waals surface area (Å²) in [7, 11) is 0. The van der Waals surface area contributed by atoms with E-state index in [0.29, 0.717) is 26.1 Å². The number of rotatable bonds is 32. The molecule has 39 heavy (non-hydrogen) atoms. The van der Waals surface area contributed by atoms with Crippen LogP contribution in [-0.2, 0) is 19.1 Å². The van der Waals surface area contributed by atoms with Crippen LogP contribution in [-0.4, -0.2) is 25.2 Å². The molecule has 0 fully saturated rings. The topological polar surface area (TPSA) is 52.6 Å². The minimum Gasteiger partial charge on any atom is -0.466 e. The average Bonchev–Trinajstić information content (AvgIpc) is 2.93. The highest BCUT2D eigenvalue weighted by Crippen LogP contribution is 2.14. The highest BCUT2D eigenvalue weighted by atomic mass is 16.5. The Morgan fingerprint density at radius 3 is 0.846 bits per heavy atom. The number of hydrogen-bond acceptors (Lipinski definition) is 4. The van der Waals surface area contributed by atoms with Gasteiger partial charge in [0, 0.05) is 12.8 Å². The third kappa shape index (κ3) is 33.0. The Labute approximate surface area is 244 Å². The van der Waals surface area contributed by atoms with Crippen molar-refractivity contribution >= 4 is 11.9 Å². The molecule has 0 rings (SSSR count). The number of carbonyl (C=O) groups excluding carboxylic acids is 2. The molecular weight excluding hydrogens is 484 g/mol. The van der Waals surface area contributed by atoms with E-state index in [1.165, 1.54) is 128 Å². The van der Waals surface area contributed by atoms with Crippen LogP contribution in [0.4, 0.5) is 0 Å². The van der Waals surface area contributed by atoms with E-state index < -0.39 is 0 Å². The zero-order valence-corrected chi connectivity index (χ0v) is 26.6. The van der Waals surface area contributed by atoms with Gasteiger partial charge in [0.15, 0.2) is 0 Å². The third-order valence-corrected chi connectivity index (χ3v) is 7.78. The molecular formula is C35H68O4. The lowest BCUT2D eigenvalue weighted by Gasteiger charge is -2.07. The Morgan fingerprint density at radius 1 is 0.333 bits per heavy atom. The first-order chi connectivity index (χ1) is 19.2. The minimum atomic E-state index is -0.0593. The quantitative estimate of drug-likeness (QED) is 0.0615. The second-order valence-corrected chi connectivity index (χ2v) is 11.8. The Bertz CT molecular complexity index is 461. The smallest absolute Gasteiger partial charge is 0.305 e. The van der Waals surface area contributed by atoms with E-state index in [1.807, 2.05) is 0 Å². The molecule has 0 aromatic heterocycles. The van der Waals surface area contributed by atoms with Crippen LogP contribution in [0.5, 0.6) is 0 Å². The van der Waals surface area contributed by atoms with E-state index in [-0.39, 0.29) is 11.9 Å². The van der Waals surface area contributed by atoms with E-state index in [0.717, 1.165) is 44.9 Å². The van der Waals surface area contributed by atoms with Gasteiger partial charge < -0.3 is 9.47 Å². The van der Waals surface area contributed by atoms with Gasteiger partial charge in [-0.15, -0.1) is 0 Å². The van der Waals surface area contributed by atoms with Gasteiger partial charge in [-0.1, -0.05) is 155 Å². The molecule has 0 aromatic carbocycles. The molecule has 4 nitrogen and oxygen atoms in total. The summed E-state index contributed by atoms with van der Waals surface area (Å²) in [6, 6.07) is 0. The van der Waals surface area contributed by atoms with Crippen molar-refractivity contribution in [1.29, 1.82) is 0 Å². The molecule has 4 heteroatoms. The van der Waals surface area contributed by atoms with Gasteiger partial charge >= 0.3 is 11.9 Å². The molecule has 232 valence electrons. The number of unbranched alkanes of at least 4 members (excludes halogenated alkanes) is 24. The molecule has 0 aliphatic carbocycles. The fourth-order valence-corrected chi connectivity index (χ4v) is 5.12. The number of hydrogen-bond donors (Lipinski definition) is 0. The number of ether oxygens (including phenoxy) is 2. The molecule has 0 atom stereocenters. The molecule has 0 bridgehead atoms. The third-order valence-electron chi connectivity index (χ3n) is 7.78. The lowest BCUT2D eigenvalue weighted by atomic mass is 10.0. The summed E-state index contributed by atoms with van der Waals surface area (Å²) in [6.07, 6.45) is 35.0. The highest BCUT2D eigenvalue weighted by Gasteiger charge is 2.04. The Hall–Kier alpha value is -1.06. The van der Waals surface area contributed by atoms with Gasteiger partial charge in [0.2, 0.25) is 0 Å². The minimum absolute atomic E-state index is 0.0593. The fourth-order valence-electron chi connectivity index (χ4n) is 5.12. The van der Waals surface area contributed by atoms with Crippen LogP contribution in [0.2, 0.25) is 0 Å². The van der Waals surface area contributed by atoms with E-state index in [2.05, 4.69) is 13.8 Å². The second-order valence-electron chi connectivity index (χ2n) is 11.8. The van der Waals surface area contributed by atoms with Crippen molar-refractivity contribution in [2.24, 2.45) is 0 Å². The van der Waals surface area contributed by atoms with E-state index >= 15 is 0 Å². The fraction of sp³-hybridized carbons (Fsp3) is 0.943. The summed E-state index contributed by atoms with van der Waals surface area (Å²) in [6.45, 7) is 5.52. The van der Waals surface area contributed by atoms with Crippen LogP contribution >= 0.6 is 0 Å². The number of carbonyl (C=O) groups is 2. The van der Waals surface area contributed by atoms with Gasteiger partial charge in [-0.05, 0) is 32.1 Å². The van der Waals surface area contributed by atoms with E-state index in [1.54, 1.807) is 0 Å². The molecule has 0 radical (unpaired) electrons. The van der Waals surface area contributed by atoms with Crippen LogP contribution in [0.15, 0.2) is 0 Å². The van der Waals surface area contributed by atoms with Crippen molar-refractivity contribution in [2.75, 3.05) is 13.2 Å². The van der Waals surface area contributed by atoms with Crippen LogP contribution in [0, 0.1) is 0 Å². The maximum atomic E-state index is 11.9. The maximum absolute atomic E-state index is 11.9. The molecule has 0 aromatic rings. The van der Waals surface area contributed by atoms with Gasteiger partial charge in [-0.3, -0.25) is 9.59 Å². The van der Waals surface area contributed by atoms with Crippen LogP contribution < -0.4 is 0 Å². The van der Waals surface area contributed by atoms with Gasteiger partial charge in [0.1, 0.15) is 0 Å². The van der Waals surface area contributed by atoms with Crippen molar-refractivity contribution in [1.82, 2.24) is 0 Å². The van der Waals surface area contributed by atoms with Gasteiger partial charge in [-0.2, -0.15) is 0 Å². The summed E-state index contributed by atoms with van der Waals surface area (Å²) in [5, 5.41) is 0. The zero-order valence-electron chi connectivity index (χ0n) is 26.6.